The number of benzene rings is 1. The van der Waals surface area contributed by atoms with Gasteiger partial charge >= 0.3 is 4.87 Å². The van der Waals surface area contributed by atoms with E-state index in [4.69, 9.17) is 9.47 Å². The lowest BCUT2D eigenvalue weighted by Crippen LogP contribution is -2.21. The molecule has 1 aromatic carbocycles. The van der Waals surface area contributed by atoms with Gasteiger partial charge in [0.2, 0.25) is 0 Å². The Bertz CT molecular complexity index is 704. The number of H-pyrrole nitrogens is 1. The molecule has 1 N–H and O–H groups in total. The van der Waals surface area contributed by atoms with E-state index in [0.717, 1.165) is 47.3 Å². The second kappa shape index (κ2) is 6.54. The summed E-state index contributed by atoms with van der Waals surface area (Å²) in [5.41, 5.74) is 1.85. The maximum Gasteiger partial charge on any atom is 0.305 e. The van der Waals surface area contributed by atoms with Crippen LogP contribution in [0.15, 0.2) is 23.0 Å². The van der Waals surface area contributed by atoms with Gasteiger partial charge in [-0.1, -0.05) is 25.2 Å². The van der Waals surface area contributed by atoms with Gasteiger partial charge in [-0.25, -0.2) is 0 Å². The Labute approximate surface area is 133 Å². The molecule has 118 valence electrons. The fraction of sp³-hybridized carbons (Fsp3) is 0.438. The van der Waals surface area contributed by atoms with Crippen molar-refractivity contribution in [1.82, 2.24) is 9.88 Å². The highest BCUT2D eigenvalue weighted by Gasteiger charge is 2.17. The summed E-state index contributed by atoms with van der Waals surface area (Å²) in [5.74, 6) is 1.50. The molecule has 0 radical (unpaired) electrons. The molecule has 22 heavy (non-hydrogen) atoms. The lowest BCUT2D eigenvalue weighted by molar-refractivity contribution is 0.171. The Morgan fingerprint density at radius 2 is 1.91 bits per heavy atom. The van der Waals surface area contributed by atoms with Crippen LogP contribution in [0.1, 0.15) is 18.7 Å². The molecule has 3 rings (SSSR count). The van der Waals surface area contributed by atoms with Crippen LogP contribution in [0.3, 0.4) is 0 Å². The Kier molecular flexibility index (Phi) is 4.49. The molecule has 1 aliphatic rings. The molecule has 5 nitrogen and oxygen atoms in total. The summed E-state index contributed by atoms with van der Waals surface area (Å²) in [6.45, 7) is 8.09. The van der Waals surface area contributed by atoms with Crippen molar-refractivity contribution in [2.24, 2.45) is 0 Å². The number of ether oxygens (including phenoxy) is 2. The molecule has 2 aromatic rings. The summed E-state index contributed by atoms with van der Waals surface area (Å²) in [4.78, 5) is 18.1. The van der Waals surface area contributed by atoms with Crippen molar-refractivity contribution in [1.29, 1.82) is 0 Å². The van der Waals surface area contributed by atoms with Crippen molar-refractivity contribution >= 4 is 11.3 Å². The van der Waals surface area contributed by atoms with E-state index in [0.29, 0.717) is 13.2 Å². The molecule has 0 saturated carbocycles. The van der Waals surface area contributed by atoms with E-state index < -0.39 is 0 Å². The molecule has 0 unspecified atom stereocenters. The molecule has 0 fully saturated rings. The average Bonchev–Trinajstić information content (AvgIpc) is 2.92. The van der Waals surface area contributed by atoms with E-state index in [1.165, 1.54) is 11.3 Å². The second-order valence-corrected chi connectivity index (χ2v) is 6.20. The van der Waals surface area contributed by atoms with Gasteiger partial charge in [0.25, 0.3) is 0 Å². The van der Waals surface area contributed by atoms with Gasteiger partial charge in [0.1, 0.15) is 13.2 Å². The number of nitrogens with one attached hydrogen (secondary N) is 1. The van der Waals surface area contributed by atoms with Crippen LogP contribution in [-0.4, -0.2) is 36.2 Å². The Morgan fingerprint density at radius 1 is 1.18 bits per heavy atom. The van der Waals surface area contributed by atoms with E-state index in [1.54, 1.807) is 0 Å². The standard InChI is InChI=1S/C16H20N2O3S/c1-3-18(4-2)10-14-15(17-16(19)22-14)11-5-6-12-13(9-11)21-8-7-20-12/h5-6,9H,3-4,7-8,10H2,1-2H3,(H,17,19). The predicted octanol–water partition coefficient (Wildman–Crippen LogP) is 2.72. The Balaban J connectivity index is 1.96. The van der Waals surface area contributed by atoms with Gasteiger partial charge in [0.15, 0.2) is 11.5 Å². The van der Waals surface area contributed by atoms with Gasteiger partial charge in [-0.15, -0.1) is 0 Å². The summed E-state index contributed by atoms with van der Waals surface area (Å²) in [5, 5.41) is 0. The molecule has 2 heterocycles. The van der Waals surface area contributed by atoms with Gasteiger partial charge < -0.3 is 14.5 Å². The van der Waals surface area contributed by atoms with E-state index in [9.17, 15) is 4.79 Å². The molecule has 6 heteroatoms. The van der Waals surface area contributed by atoms with Crippen molar-refractivity contribution < 1.29 is 9.47 Å². The smallest absolute Gasteiger partial charge is 0.305 e. The third-order valence-corrected chi connectivity index (χ3v) is 4.68. The number of rotatable bonds is 5. The van der Waals surface area contributed by atoms with Gasteiger partial charge in [0, 0.05) is 17.0 Å². The molecular formula is C16H20N2O3S. The first kappa shape index (κ1) is 15.1. The second-order valence-electron chi connectivity index (χ2n) is 5.13. The quantitative estimate of drug-likeness (QED) is 0.920. The molecule has 0 atom stereocenters. The van der Waals surface area contributed by atoms with Gasteiger partial charge in [0.05, 0.1) is 5.69 Å². The van der Waals surface area contributed by atoms with Crippen LogP contribution in [0.4, 0.5) is 0 Å². The van der Waals surface area contributed by atoms with E-state index in [2.05, 4.69) is 23.7 Å². The minimum atomic E-state index is -0.0213. The van der Waals surface area contributed by atoms with Crippen LogP contribution in [0.25, 0.3) is 11.3 Å². The molecule has 0 spiro atoms. The Hall–Kier alpha value is -1.79. The lowest BCUT2D eigenvalue weighted by Gasteiger charge is -2.20. The maximum absolute atomic E-state index is 11.8. The van der Waals surface area contributed by atoms with E-state index >= 15 is 0 Å². The van der Waals surface area contributed by atoms with Crippen LogP contribution in [-0.2, 0) is 6.54 Å². The van der Waals surface area contributed by atoms with Crippen molar-refractivity contribution in [3.63, 3.8) is 0 Å². The summed E-state index contributed by atoms with van der Waals surface area (Å²) in [6, 6.07) is 5.82. The first-order valence-corrected chi connectivity index (χ1v) is 8.37. The summed E-state index contributed by atoms with van der Waals surface area (Å²) >= 11 is 1.28. The minimum Gasteiger partial charge on any atom is -0.486 e. The van der Waals surface area contributed by atoms with Crippen molar-refractivity contribution in [2.75, 3.05) is 26.3 Å². The summed E-state index contributed by atoms with van der Waals surface area (Å²) in [7, 11) is 0. The van der Waals surface area contributed by atoms with Gasteiger partial charge in [-0.2, -0.15) is 0 Å². The van der Waals surface area contributed by atoms with Crippen molar-refractivity contribution in [2.45, 2.75) is 20.4 Å². The Morgan fingerprint density at radius 3 is 2.64 bits per heavy atom. The zero-order chi connectivity index (χ0) is 15.5. The number of hydrogen-bond acceptors (Lipinski definition) is 5. The van der Waals surface area contributed by atoms with Crippen LogP contribution < -0.4 is 14.3 Å². The number of fused-ring (bicyclic) bond motifs is 1. The zero-order valence-electron chi connectivity index (χ0n) is 12.8. The SMILES string of the molecule is CCN(CC)Cc1sc(=O)[nH]c1-c1ccc2c(c1)OCCO2. The molecule has 1 aliphatic heterocycles. The average molecular weight is 320 g/mol. The lowest BCUT2D eigenvalue weighted by atomic mass is 10.1. The topological polar surface area (TPSA) is 54.6 Å². The number of hydrogen-bond donors (Lipinski definition) is 1. The van der Waals surface area contributed by atoms with Crippen molar-refractivity contribution in [3.05, 3.63) is 32.7 Å². The van der Waals surface area contributed by atoms with Gasteiger partial charge in [-0.05, 0) is 31.3 Å². The van der Waals surface area contributed by atoms with E-state index in [1.807, 2.05) is 18.2 Å². The highest BCUT2D eigenvalue weighted by Crippen LogP contribution is 2.35. The molecule has 0 bridgehead atoms. The van der Waals surface area contributed by atoms with Crippen LogP contribution in [0.2, 0.25) is 0 Å². The summed E-state index contributed by atoms with van der Waals surface area (Å²) in [6.07, 6.45) is 0. The van der Waals surface area contributed by atoms with E-state index in [-0.39, 0.29) is 4.87 Å². The first-order valence-electron chi connectivity index (χ1n) is 7.55. The van der Waals surface area contributed by atoms with Crippen LogP contribution in [0.5, 0.6) is 11.5 Å². The normalized spacial score (nSPS) is 13.6. The third kappa shape index (κ3) is 3.03. The molecule has 1 aromatic heterocycles. The fourth-order valence-electron chi connectivity index (χ4n) is 2.55. The minimum absolute atomic E-state index is 0.0213. The highest BCUT2D eigenvalue weighted by atomic mass is 32.1. The largest absolute Gasteiger partial charge is 0.486 e. The first-order chi connectivity index (χ1) is 10.7. The third-order valence-electron chi connectivity index (χ3n) is 3.81. The predicted molar refractivity (Wildman–Crippen MR) is 88.0 cm³/mol. The molecular weight excluding hydrogens is 300 g/mol. The number of nitrogens with zero attached hydrogens (tertiary/aromatic N) is 1. The number of aromatic nitrogens is 1. The summed E-state index contributed by atoms with van der Waals surface area (Å²) < 4.78 is 11.2. The molecule has 0 amide bonds. The molecule has 0 aliphatic carbocycles. The maximum atomic E-state index is 11.8. The van der Waals surface area contributed by atoms with Crippen LogP contribution in [0, 0.1) is 0 Å². The number of aromatic amines is 1. The van der Waals surface area contributed by atoms with Crippen molar-refractivity contribution in [3.8, 4) is 22.8 Å². The molecule has 0 saturated heterocycles. The highest BCUT2D eigenvalue weighted by molar-refractivity contribution is 7.09. The zero-order valence-corrected chi connectivity index (χ0v) is 13.7. The fourth-order valence-corrected chi connectivity index (χ4v) is 3.45. The monoisotopic (exact) mass is 320 g/mol. The van der Waals surface area contributed by atoms with Crippen LogP contribution >= 0.6 is 11.3 Å². The van der Waals surface area contributed by atoms with Gasteiger partial charge in [-0.3, -0.25) is 9.69 Å². The number of thiazole rings is 1.